The topological polar surface area (TPSA) is 120 Å². The Morgan fingerprint density at radius 1 is 1.32 bits per heavy atom. The van der Waals surface area contributed by atoms with E-state index in [0.29, 0.717) is 47.2 Å². The van der Waals surface area contributed by atoms with Crippen molar-refractivity contribution in [1.29, 1.82) is 0 Å². The van der Waals surface area contributed by atoms with Crippen LogP contribution < -0.4 is 15.4 Å². The SMILES string of the molecule is Cc1noc(C)c1NC(=O)Nc1ccc2c(c1)CC(=O)N([C@H](C)CO)C[C@@H](C)[C@H](CN(C)C)O2. The third-order valence-corrected chi connectivity index (χ3v) is 5.99. The number of nitrogens with zero attached hydrogens (tertiary/aromatic N) is 3. The monoisotopic (exact) mass is 473 g/mol. The van der Waals surface area contributed by atoms with Gasteiger partial charge in [-0.2, -0.15) is 0 Å². The number of urea groups is 1. The van der Waals surface area contributed by atoms with Gasteiger partial charge in [-0.3, -0.25) is 4.79 Å². The molecule has 2 aromatic rings. The summed E-state index contributed by atoms with van der Waals surface area (Å²) in [7, 11) is 3.96. The average Bonchev–Trinajstić information content (AvgIpc) is 3.10. The summed E-state index contributed by atoms with van der Waals surface area (Å²) in [6.45, 7) is 8.40. The summed E-state index contributed by atoms with van der Waals surface area (Å²) in [5, 5.41) is 19.1. The van der Waals surface area contributed by atoms with Gasteiger partial charge in [-0.05, 0) is 53.1 Å². The first-order chi connectivity index (χ1) is 16.1. The number of aryl methyl sites for hydroxylation is 2. The smallest absolute Gasteiger partial charge is 0.323 e. The molecular weight excluding hydrogens is 438 g/mol. The van der Waals surface area contributed by atoms with Gasteiger partial charge in [0.1, 0.15) is 23.2 Å². The Kier molecular flexibility index (Phi) is 8.16. The molecule has 3 atom stereocenters. The summed E-state index contributed by atoms with van der Waals surface area (Å²) in [6.07, 6.45) is -0.0584. The number of likely N-dealkylation sites (N-methyl/N-ethyl adjacent to an activating group) is 1. The number of rotatable bonds is 6. The van der Waals surface area contributed by atoms with E-state index in [1.165, 1.54) is 0 Å². The number of anilines is 2. The van der Waals surface area contributed by atoms with Gasteiger partial charge >= 0.3 is 6.03 Å². The van der Waals surface area contributed by atoms with Crippen LogP contribution in [-0.2, 0) is 11.2 Å². The molecule has 10 nitrogen and oxygen atoms in total. The van der Waals surface area contributed by atoms with E-state index in [2.05, 4.69) is 27.6 Å². The molecule has 0 radical (unpaired) electrons. The highest BCUT2D eigenvalue weighted by Gasteiger charge is 2.30. The van der Waals surface area contributed by atoms with Crippen molar-refractivity contribution in [1.82, 2.24) is 15.0 Å². The average molecular weight is 474 g/mol. The van der Waals surface area contributed by atoms with E-state index in [0.717, 1.165) is 0 Å². The molecule has 0 fully saturated rings. The van der Waals surface area contributed by atoms with Crippen LogP contribution in [0.15, 0.2) is 22.7 Å². The minimum absolute atomic E-state index is 0.0462. The molecule has 0 bridgehead atoms. The Hall–Kier alpha value is -3.11. The molecule has 0 spiro atoms. The van der Waals surface area contributed by atoms with Crippen LogP contribution in [0.5, 0.6) is 5.75 Å². The van der Waals surface area contributed by atoms with Crippen molar-refractivity contribution in [3.63, 3.8) is 0 Å². The van der Waals surface area contributed by atoms with Crippen molar-refractivity contribution < 1.29 is 24.0 Å². The Balaban J connectivity index is 1.87. The zero-order valence-electron chi connectivity index (χ0n) is 20.7. The van der Waals surface area contributed by atoms with E-state index >= 15 is 0 Å². The number of nitrogens with one attached hydrogen (secondary N) is 2. The molecule has 2 heterocycles. The number of ether oxygens (including phenoxy) is 1. The number of aromatic nitrogens is 1. The maximum atomic E-state index is 13.2. The van der Waals surface area contributed by atoms with E-state index in [9.17, 15) is 14.7 Å². The highest BCUT2D eigenvalue weighted by molar-refractivity contribution is 6.00. The van der Waals surface area contributed by atoms with Crippen molar-refractivity contribution in [2.75, 3.05) is 44.4 Å². The second-order valence-electron chi connectivity index (χ2n) is 9.25. The van der Waals surface area contributed by atoms with Gasteiger partial charge in [-0.15, -0.1) is 0 Å². The predicted octanol–water partition coefficient (Wildman–Crippen LogP) is 2.65. The number of fused-ring (bicyclic) bond motifs is 1. The molecule has 0 aliphatic carbocycles. The lowest BCUT2D eigenvalue weighted by Crippen LogP contribution is -2.47. The van der Waals surface area contributed by atoms with Gasteiger partial charge in [0, 0.05) is 30.3 Å². The Labute approximate surface area is 200 Å². The molecule has 186 valence electrons. The molecule has 1 aliphatic heterocycles. The van der Waals surface area contributed by atoms with Crippen LogP contribution in [0, 0.1) is 19.8 Å². The number of carbonyl (C=O) groups excluding carboxylic acids is 2. The molecule has 3 rings (SSSR count). The van der Waals surface area contributed by atoms with E-state index in [-0.39, 0.29) is 37.0 Å². The molecule has 10 heteroatoms. The summed E-state index contributed by atoms with van der Waals surface area (Å²) in [4.78, 5) is 29.5. The number of carbonyl (C=O) groups is 2. The van der Waals surface area contributed by atoms with Crippen LogP contribution in [0.4, 0.5) is 16.2 Å². The normalized spacial score (nSPS) is 19.5. The molecule has 34 heavy (non-hydrogen) atoms. The van der Waals surface area contributed by atoms with E-state index in [4.69, 9.17) is 9.26 Å². The zero-order chi connectivity index (χ0) is 25.0. The molecule has 1 aromatic carbocycles. The number of amides is 3. The number of aliphatic hydroxyl groups excluding tert-OH is 1. The Bertz CT molecular complexity index is 1000. The van der Waals surface area contributed by atoms with Gasteiger partial charge in [0.15, 0.2) is 5.76 Å². The molecule has 3 amide bonds. The van der Waals surface area contributed by atoms with E-state index in [1.807, 2.05) is 21.0 Å². The fourth-order valence-corrected chi connectivity index (χ4v) is 4.02. The molecule has 1 aliphatic rings. The number of aliphatic hydroxyl groups is 1. The maximum absolute atomic E-state index is 13.2. The van der Waals surface area contributed by atoms with E-state index in [1.54, 1.807) is 36.9 Å². The summed E-state index contributed by atoms with van der Waals surface area (Å²) in [6, 6.07) is 4.54. The van der Waals surface area contributed by atoms with E-state index < -0.39 is 6.03 Å². The summed E-state index contributed by atoms with van der Waals surface area (Å²) < 4.78 is 11.5. The Morgan fingerprint density at radius 2 is 2.06 bits per heavy atom. The third kappa shape index (κ3) is 6.06. The second-order valence-corrected chi connectivity index (χ2v) is 9.25. The van der Waals surface area contributed by atoms with Crippen LogP contribution in [0.3, 0.4) is 0 Å². The first-order valence-corrected chi connectivity index (χ1v) is 11.4. The van der Waals surface area contributed by atoms with Gasteiger partial charge < -0.3 is 34.8 Å². The molecular formula is C24H35N5O5. The minimum atomic E-state index is -0.445. The van der Waals surface area contributed by atoms with Gasteiger partial charge in [0.05, 0.1) is 19.1 Å². The van der Waals surface area contributed by atoms with Crippen LogP contribution in [-0.4, -0.2) is 77.9 Å². The quantitative estimate of drug-likeness (QED) is 0.590. The van der Waals surface area contributed by atoms with Gasteiger partial charge in [0.2, 0.25) is 5.91 Å². The lowest BCUT2D eigenvalue weighted by atomic mass is 10.0. The highest BCUT2D eigenvalue weighted by atomic mass is 16.5. The minimum Gasteiger partial charge on any atom is -0.488 e. The number of hydrogen-bond acceptors (Lipinski definition) is 7. The molecule has 0 saturated carbocycles. The second kappa shape index (κ2) is 10.9. The van der Waals surface area contributed by atoms with Crippen molar-refractivity contribution in [2.45, 2.75) is 46.3 Å². The summed E-state index contributed by atoms with van der Waals surface area (Å²) in [5.41, 5.74) is 2.30. The van der Waals surface area contributed by atoms with Crippen molar-refractivity contribution in [3.8, 4) is 5.75 Å². The molecule has 3 N–H and O–H groups in total. The van der Waals surface area contributed by atoms with Gasteiger partial charge in [-0.25, -0.2) is 4.79 Å². The van der Waals surface area contributed by atoms with Crippen molar-refractivity contribution >= 4 is 23.3 Å². The number of benzene rings is 1. The van der Waals surface area contributed by atoms with Crippen LogP contribution in [0.2, 0.25) is 0 Å². The highest BCUT2D eigenvalue weighted by Crippen LogP contribution is 2.29. The van der Waals surface area contributed by atoms with Crippen molar-refractivity contribution in [3.05, 3.63) is 35.2 Å². The van der Waals surface area contributed by atoms with Crippen LogP contribution in [0.1, 0.15) is 30.9 Å². The van der Waals surface area contributed by atoms with Gasteiger partial charge in [-0.1, -0.05) is 12.1 Å². The number of hydrogen-bond donors (Lipinski definition) is 3. The Morgan fingerprint density at radius 3 is 2.68 bits per heavy atom. The first kappa shape index (κ1) is 25.5. The van der Waals surface area contributed by atoms with Crippen LogP contribution >= 0.6 is 0 Å². The lowest BCUT2D eigenvalue weighted by Gasteiger charge is -2.33. The summed E-state index contributed by atoms with van der Waals surface area (Å²) in [5.74, 6) is 1.08. The largest absolute Gasteiger partial charge is 0.488 e. The van der Waals surface area contributed by atoms with Crippen molar-refractivity contribution in [2.24, 2.45) is 5.92 Å². The molecule has 0 saturated heterocycles. The lowest BCUT2D eigenvalue weighted by molar-refractivity contribution is -0.134. The third-order valence-electron chi connectivity index (χ3n) is 5.99. The fourth-order valence-electron chi connectivity index (χ4n) is 4.02. The zero-order valence-corrected chi connectivity index (χ0v) is 20.7. The standard InChI is InChI=1S/C24H35N5O5/c1-14-11-29(15(2)13-30)22(31)10-18-9-19(7-8-20(18)33-21(14)12-28(5)6)25-24(32)26-23-16(3)27-34-17(23)4/h7-9,14-15,21,30H,10-13H2,1-6H3,(H2,25,26,32)/t14-,15-,21+/m1/s1. The molecule has 1 aromatic heterocycles. The predicted molar refractivity (Wildman–Crippen MR) is 129 cm³/mol. The summed E-state index contributed by atoms with van der Waals surface area (Å²) >= 11 is 0. The first-order valence-electron chi connectivity index (χ1n) is 11.4. The van der Waals surface area contributed by atoms with Crippen LogP contribution in [0.25, 0.3) is 0 Å². The van der Waals surface area contributed by atoms with Gasteiger partial charge in [0.25, 0.3) is 0 Å². The molecule has 0 unspecified atom stereocenters. The maximum Gasteiger partial charge on any atom is 0.323 e. The fraction of sp³-hybridized carbons (Fsp3) is 0.542.